The topological polar surface area (TPSA) is 38.9 Å². The van der Waals surface area contributed by atoms with Crippen LogP contribution in [0.15, 0.2) is 24.3 Å². The molecular weight excluding hydrogens is 284 g/mol. The number of nitrogens with zero attached hydrogens (tertiary/aromatic N) is 1. The average molecular weight is 297 g/mol. The molecule has 0 aliphatic rings. The van der Waals surface area contributed by atoms with Gasteiger partial charge in [0.15, 0.2) is 0 Å². The summed E-state index contributed by atoms with van der Waals surface area (Å²) in [5.74, 6) is 0. The monoisotopic (exact) mass is 296 g/mol. The Morgan fingerprint density at radius 3 is 2.61 bits per heavy atom. The molecule has 0 aliphatic carbocycles. The number of rotatable bonds is 4. The van der Waals surface area contributed by atoms with Gasteiger partial charge in [0.2, 0.25) is 0 Å². The van der Waals surface area contributed by atoms with E-state index >= 15 is 0 Å². The highest BCUT2D eigenvalue weighted by atomic mass is 35.5. The number of thiazole rings is 1. The highest BCUT2D eigenvalue weighted by Gasteiger charge is 2.13. The van der Waals surface area contributed by atoms with E-state index in [2.05, 4.69) is 11.9 Å². The Bertz CT molecular complexity index is 561. The van der Waals surface area contributed by atoms with Crippen molar-refractivity contribution < 1.29 is 0 Å². The van der Waals surface area contributed by atoms with Gasteiger partial charge in [-0.05, 0) is 18.6 Å². The van der Waals surface area contributed by atoms with Gasteiger partial charge in [0, 0.05) is 10.6 Å². The molecule has 0 bridgehead atoms. The minimum Gasteiger partial charge on any atom is -0.389 e. The van der Waals surface area contributed by atoms with Crippen molar-refractivity contribution in [2.45, 2.75) is 19.8 Å². The van der Waals surface area contributed by atoms with E-state index in [1.807, 2.05) is 24.3 Å². The van der Waals surface area contributed by atoms with Crippen LogP contribution in [-0.4, -0.2) is 9.97 Å². The van der Waals surface area contributed by atoms with Gasteiger partial charge in [0.25, 0.3) is 0 Å². The van der Waals surface area contributed by atoms with Crippen molar-refractivity contribution in [2.75, 3.05) is 0 Å². The Balaban J connectivity index is 2.42. The molecule has 0 saturated heterocycles. The van der Waals surface area contributed by atoms with E-state index in [0.29, 0.717) is 4.99 Å². The van der Waals surface area contributed by atoms with E-state index in [9.17, 15) is 0 Å². The largest absolute Gasteiger partial charge is 0.389 e. The summed E-state index contributed by atoms with van der Waals surface area (Å²) in [4.78, 5) is 5.98. The smallest absolute Gasteiger partial charge is 0.124 e. The maximum Gasteiger partial charge on any atom is 0.124 e. The Hall–Kier alpha value is -0.970. The number of aromatic nitrogens is 1. The third-order valence-electron chi connectivity index (χ3n) is 2.50. The van der Waals surface area contributed by atoms with Crippen LogP contribution in [-0.2, 0) is 6.42 Å². The predicted octanol–water partition coefficient (Wildman–Crippen LogP) is 4.05. The number of thiocarbonyl (C=S) groups is 1. The first-order valence-electron chi connectivity index (χ1n) is 5.67. The van der Waals surface area contributed by atoms with E-state index in [-0.39, 0.29) is 0 Å². The molecule has 2 N–H and O–H groups in total. The first-order chi connectivity index (χ1) is 8.61. The van der Waals surface area contributed by atoms with Crippen molar-refractivity contribution >= 4 is 40.1 Å². The second-order valence-electron chi connectivity index (χ2n) is 3.92. The number of halogens is 1. The molecule has 1 heterocycles. The average Bonchev–Trinajstić information content (AvgIpc) is 2.75. The zero-order chi connectivity index (χ0) is 13.1. The molecule has 18 heavy (non-hydrogen) atoms. The molecule has 0 radical (unpaired) electrons. The van der Waals surface area contributed by atoms with Crippen LogP contribution >= 0.6 is 35.2 Å². The Labute approximate surface area is 121 Å². The van der Waals surface area contributed by atoms with E-state index in [4.69, 9.17) is 29.6 Å². The van der Waals surface area contributed by atoms with Gasteiger partial charge in [-0.2, -0.15) is 0 Å². The molecule has 2 rings (SSSR count). The fourth-order valence-electron chi connectivity index (χ4n) is 1.67. The third kappa shape index (κ3) is 2.88. The summed E-state index contributed by atoms with van der Waals surface area (Å²) in [7, 11) is 0. The van der Waals surface area contributed by atoms with Gasteiger partial charge >= 0.3 is 0 Å². The molecule has 1 aromatic heterocycles. The fraction of sp³-hybridized carbons (Fsp3) is 0.231. The number of nitrogens with two attached hydrogens (primary N) is 1. The van der Waals surface area contributed by atoms with Gasteiger partial charge in [0.05, 0.1) is 10.6 Å². The third-order valence-corrected chi connectivity index (χ3v) is 4.26. The quantitative estimate of drug-likeness (QED) is 0.865. The standard InChI is InChI=1S/C13H13ClN2S2/c1-2-3-10-11(12(15)17)18-13(16-10)8-4-6-9(14)7-5-8/h4-7H,2-3H2,1H3,(H2,15,17). The van der Waals surface area contributed by atoms with Crippen molar-refractivity contribution in [3.05, 3.63) is 39.9 Å². The van der Waals surface area contributed by atoms with Gasteiger partial charge in [-0.3, -0.25) is 0 Å². The molecule has 0 unspecified atom stereocenters. The maximum atomic E-state index is 5.88. The van der Waals surface area contributed by atoms with Crippen LogP contribution in [0.5, 0.6) is 0 Å². The molecular formula is C13H13ClN2S2. The van der Waals surface area contributed by atoms with E-state index in [0.717, 1.165) is 39.0 Å². The number of hydrogen-bond acceptors (Lipinski definition) is 3. The lowest BCUT2D eigenvalue weighted by molar-refractivity contribution is 0.892. The van der Waals surface area contributed by atoms with Gasteiger partial charge in [0.1, 0.15) is 10.00 Å². The lowest BCUT2D eigenvalue weighted by Crippen LogP contribution is -2.09. The highest BCUT2D eigenvalue weighted by Crippen LogP contribution is 2.29. The summed E-state index contributed by atoms with van der Waals surface area (Å²) in [6.07, 6.45) is 1.93. The van der Waals surface area contributed by atoms with Crippen molar-refractivity contribution in [3.63, 3.8) is 0 Å². The summed E-state index contributed by atoms with van der Waals surface area (Å²) in [5.41, 5.74) is 7.79. The first-order valence-corrected chi connectivity index (χ1v) is 7.27. The second kappa shape index (κ2) is 5.78. The molecule has 2 nitrogen and oxygen atoms in total. The summed E-state index contributed by atoms with van der Waals surface area (Å²) in [6.45, 7) is 2.12. The van der Waals surface area contributed by atoms with Crippen LogP contribution in [0.3, 0.4) is 0 Å². The Kier molecular flexibility index (Phi) is 4.32. The van der Waals surface area contributed by atoms with Crippen LogP contribution in [0.25, 0.3) is 10.6 Å². The van der Waals surface area contributed by atoms with Crippen LogP contribution in [0.2, 0.25) is 5.02 Å². The lowest BCUT2D eigenvalue weighted by Gasteiger charge is -1.96. The molecule has 2 aromatic rings. The molecule has 94 valence electrons. The zero-order valence-corrected chi connectivity index (χ0v) is 12.3. The van der Waals surface area contributed by atoms with Gasteiger partial charge in [-0.15, -0.1) is 11.3 Å². The fourth-order valence-corrected chi connectivity index (χ4v) is 3.00. The lowest BCUT2D eigenvalue weighted by atomic mass is 10.2. The number of benzene rings is 1. The number of hydrogen-bond donors (Lipinski definition) is 1. The minimum atomic E-state index is 0.427. The molecule has 0 aliphatic heterocycles. The highest BCUT2D eigenvalue weighted by molar-refractivity contribution is 7.81. The minimum absolute atomic E-state index is 0.427. The van der Waals surface area contributed by atoms with Gasteiger partial charge in [-0.1, -0.05) is 49.3 Å². The molecule has 0 spiro atoms. The first kappa shape index (κ1) is 13.5. The molecule has 0 atom stereocenters. The van der Waals surface area contributed by atoms with Crippen molar-refractivity contribution in [1.29, 1.82) is 0 Å². The molecule has 0 amide bonds. The maximum absolute atomic E-state index is 5.88. The van der Waals surface area contributed by atoms with E-state index in [1.165, 1.54) is 0 Å². The van der Waals surface area contributed by atoms with Crippen LogP contribution < -0.4 is 5.73 Å². The molecule has 0 fully saturated rings. The van der Waals surface area contributed by atoms with Crippen molar-refractivity contribution in [1.82, 2.24) is 4.98 Å². The summed E-state index contributed by atoms with van der Waals surface area (Å²) in [5, 5.41) is 1.66. The molecule has 5 heteroatoms. The van der Waals surface area contributed by atoms with Crippen LogP contribution in [0.4, 0.5) is 0 Å². The normalized spacial score (nSPS) is 10.6. The van der Waals surface area contributed by atoms with E-state index in [1.54, 1.807) is 11.3 Å². The second-order valence-corrected chi connectivity index (χ2v) is 5.79. The SMILES string of the molecule is CCCc1nc(-c2ccc(Cl)cc2)sc1C(N)=S. The van der Waals surface area contributed by atoms with Gasteiger partial charge in [-0.25, -0.2) is 4.98 Å². The van der Waals surface area contributed by atoms with E-state index < -0.39 is 0 Å². The summed E-state index contributed by atoms with van der Waals surface area (Å²) < 4.78 is 0. The van der Waals surface area contributed by atoms with Crippen LogP contribution in [0, 0.1) is 0 Å². The molecule has 1 aromatic carbocycles. The van der Waals surface area contributed by atoms with Crippen molar-refractivity contribution in [3.8, 4) is 10.6 Å². The van der Waals surface area contributed by atoms with Gasteiger partial charge < -0.3 is 5.73 Å². The Morgan fingerprint density at radius 2 is 2.06 bits per heavy atom. The summed E-state index contributed by atoms with van der Waals surface area (Å²) in [6, 6.07) is 7.64. The Morgan fingerprint density at radius 1 is 1.39 bits per heavy atom. The predicted molar refractivity (Wildman–Crippen MR) is 82.4 cm³/mol. The summed E-state index contributed by atoms with van der Waals surface area (Å²) >= 11 is 12.5. The van der Waals surface area contributed by atoms with Crippen LogP contribution in [0.1, 0.15) is 23.9 Å². The van der Waals surface area contributed by atoms with Crippen molar-refractivity contribution in [2.24, 2.45) is 5.73 Å². The zero-order valence-electron chi connectivity index (χ0n) is 9.94. The molecule has 0 saturated carbocycles. The number of aryl methyl sites for hydroxylation is 1.